The first-order chi connectivity index (χ1) is 14.2. The number of thiazole rings is 1. The van der Waals surface area contributed by atoms with E-state index < -0.39 is 0 Å². The minimum atomic E-state index is -0.282. The molecule has 0 radical (unpaired) electrons. The maximum Gasteiger partial charge on any atom is 0.276 e. The summed E-state index contributed by atoms with van der Waals surface area (Å²) in [5.74, 6) is 0.678. The van der Waals surface area contributed by atoms with Gasteiger partial charge in [0, 0.05) is 28.9 Å². The molecule has 1 N–H and O–H groups in total. The van der Waals surface area contributed by atoms with E-state index in [1.165, 1.54) is 11.3 Å². The molecule has 4 rings (SSSR count). The molecule has 1 aliphatic heterocycles. The number of carbonyl (C=O) groups excluding carboxylic acids is 2. The van der Waals surface area contributed by atoms with Crippen molar-refractivity contribution >= 4 is 40.0 Å². The Kier molecular flexibility index (Phi) is 5.92. The number of thioether (sulfide) groups is 1. The summed E-state index contributed by atoms with van der Waals surface area (Å²) in [4.78, 5) is 37.9. The summed E-state index contributed by atoms with van der Waals surface area (Å²) < 4.78 is 0. The molecule has 1 aromatic carbocycles. The zero-order valence-electron chi connectivity index (χ0n) is 15.9. The Labute approximate surface area is 177 Å². The predicted molar refractivity (Wildman–Crippen MR) is 116 cm³/mol. The number of carbonyl (C=O) groups is 2. The average Bonchev–Trinajstić information content (AvgIpc) is 3.16. The van der Waals surface area contributed by atoms with Gasteiger partial charge in [0.05, 0.1) is 17.8 Å². The lowest BCUT2D eigenvalue weighted by Gasteiger charge is -2.26. The summed E-state index contributed by atoms with van der Waals surface area (Å²) in [6.07, 6.45) is 2.26. The summed E-state index contributed by atoms with van der Waals surface area (Å²) in [5, 5.41) is 3.36. The summed E-state index contributed by atoms with van der Waals surface area (Å²) in [7, 11) is 0. The third-order valence-electron chi connectivity index (χ3n) is 4.55. The van der Waals surface area contributed by atoms with Crippen LogP contribution in [-0.4, -0.2) is 39.0 Å². The van der Waals surface area contributed by atoms with Crippen LogP contribution in [0, 0.1) is 0 Å². The van der Waals surface area contributed by atoms with E-state index >= 15 is 0 Å². The van der Waals surface area contributed by atoms with E-state index in [2.05, 4.69) is 22.2 Å². The Morgan fingerprint density at radius 1 is 1.21 bits per heavy atom. The van der Waals surface area contributed by atoms with E-state index in [-0.39, 0.29) is 11.8 Å². The number of hydrogen-bond acceptors (Lipinski definition) is 6. The van der Waals surface area contributed by atoms with Gasteiger partial charge in [-0.1, -0.05) is 36.5 Å². The average molecular weight is 425 g/mol. The van der Waals surface area contributed by atoms with Crippen molar-refractivity contribution in [2.24, 2.45) is 0 Å². The molecule has 148 valence electrons. The van der Waals surface area contributed by atoms with Gasteiger partial charge in [0.2, 0.25) is 0 Å². The smallest absolute Gasteiger partial charge is 0.276 e. The number of aromatic nitrogens is 2. The van der Waals surface area contributed by atoms with E-state index in [1.54, 1.807) is 36.2 Å². The number of nitrogens with one attached hydrogen (secondary N) is 1. The van der Waals surface area contributed by atoms with Crippen molar-refractivity contribution in [3.8, 4) is 0 Å². The fourth-order valence-corrected chi connectivity index (χ4v) is 4.99. The maximum absolute atomic E-state index is 13.1. The van der Waals surface area contributed by atoms with Crippen LogP contribution in [0.4, 0.5) is 5.13 Å². The van der Waals surface area contributed by atoms with Gasteiger partial charge in [-0.3, -0.25) is 19.9 Å². The molecular weight excluding hydrogens is 404 g/mol. The second kappa shape index (κ2) is 8.75. The third kappa shape index (κ3) is 4.33. The lowest BCUT2D eigenvalue weighted by Crippen LogP contribution is -2.35. The molecule has 0 aliphatic carbocycles. The van der Waals surface area contributed by atoms with Crippen LogP contribution in [0.25, 0.3) is 0 Å². The molecule has 0 saturated carbocycles. The number of fused-ring (bicyclic) bond motifs is 1. The van der Waals surface area contributed by atoms with Gasteiger partial charge in [-0.2, -0.15) is 0 Å². The SMILES string of the molecule is CCSc1ccccc1C(=O)N1CCc2nc(NC(=O)c3ccccn3)sc2C1. The lowest BCUT2D eigenvalue weighted by atomic mass is 10.1. The normalized spacial score (nSPS) is 13.1. The first-order valence-electron chi connectivity index (χ1n) is 9.37. The van der Waals surface area contributed by atoms with Crippen LogP contribution in [0.15, 0.2) is 53.6 Å². The fraction of sp³-hybridized carbons (Fsp3) is 0.238. The minimum Gasteiger partial charge on any atom is -0.333 e. The number of rotatable bonds is 5. The Balaban J connectivity index is 1.48. The molecule has 0 atom stereocenters. The largest absolute Gasteiger partial charge is 0.333 e. The molecule has 0 unspecified atom stereocenters. The van der Waals surface area contributed by atoms with E-state index in [9.17, 15) is 9.59 Å². The summed E-state index contributed by atoms with van der Waals surface area (Å²) in [5.41, 5.74) is 2.05. The van der Waals surface area contributed by atoms with Gasteiger partial charge >= 0.3 is 0 Å². The second-order valence-electron chi connectivity index (χ2n) is 6.46. The monoisotopic (exact) mass is 424 g/mol. The van der Waals surface area contributed by atoms with Crippen molar-refractivity contribution < 1.29 is 9.59 Å². The van der Waals surface area contributed by atoms with Gasteiger partial charge in [0.1, 0.15) is 5.69 Å². The van der Waals surface area contributed by atoms with Crippen LogP contribution in [0.1, 0.15) is 38.3 Å². The van der Waals surface area contributed by atoms with Crippen LogP contribution < -0.4 is 5.32 Å². The van der Waals surface area contributed by atoms with Gasteiger partial charge in [-0.25, -0.2) is 4.98 Å². The maximum atomic E-state index is 13.1. The van der Waals surface area contributed by atoms with E-state index in [0.29, 0.717) is 30.3 Å². The fourth-order valence-electron chi connectivity index (χ4n) is 3.18. The predicted octanol–water partition coefficient (Wildman–Crippen LogP) is 4.10. The number of hydrogen-bond donors (Lipinski definition) is 1. The van der Waals surface area contributed by atoms with Crippen molar-refractivity contribution in [2.75, 3.05) is 17.6 Å². The van der Waals surface area contributed by atoms with Gasteiger partial charge in [-0.05, 0) is 30.0 Å². The summed E-state index contributed by atoms with van der Waals surface area (Å²) >= 11 is 3.10. The lowest BCUT2D eigenvalue weighted by molar-refractivity contribution is 0.0732. The number of amides is 2. The Bertz CT molecular complexity index is 1040. The van der Waals surface area contributed by atoms with Crippen molar-refractivity contribution in [1.82, 2.24) is 14.9 Å². The van der Waals surface area contributed by atoms with Crippen LogP contribution in [0.2, 0.25) is 0 Å². The molecule has 1 aliphatic rings. The van der Waals surface area contributed by atoms with Crippen LogP contribution >= 0.6 is 23.1 Å². The molecule has 3 heterocycles. The molecule has 8 heteroatoms. The standard InChI is InChI=1S/C21H20N4O2S2/c1-2-28-17-9-4-3-7-14(17)20(27)25-12-10-15-18(13-25)29-21(23-15)24-19(26)16-8-5-6-11-22-16/h3-9,11H,2,10,12-13H2,1H3,(H,23,24,26). The first-order valence-corrected chi connectivity index (χ1v) is 11.2. The molecule has 2 amide bonds. The highest BCUT2D eigenvalue weighted by Gasteiger charge is 2.26. The Hall–Kier alpha value is -2.71. The summed E-state index contributed by atoms with van der Waals surface area (Å²) in [6, 6.07) is 12.9. The van der Waals surface area contributed by atoms with Crippen molar-refractivity contribution in [1.29, 1.82) is 0 Å². The molecule has 0 saturated heterocycles. The number of nitrogens with zero attached hydrogens (tertiary/aromatic N) is 3. The highest BCUT2D eigenvalue weighted by molar-refractivity contribution is 7.99. The first kappa shape index (κ1) is 19.6. The van der Waals surface area contributed by atoms with Gasteiger partial charge < -0.3 is 4.90 Å². The van der Waals surface area contributed by atoms with Crippen molar-refractivity contribution in [3.63, 3.8) is 0 Å². The second-order valence-corrected chi connectivity index (χ2v) is 8.85. The number of benzene rings is 1. The third-order valence-corrected chi connectivity index (χ3v) is 6.51. The zero-order valence-corrected chi connectivity index (χ0v) is 17.6. The van der Waals surface area contributed by atoms with Crippen LogP contribution in [0.5, 0.6) is 0 Å². The topological polar surface area (TPSA) is 75.2 Å². The quantitative estimate of drug-likeness (QED) is 0.624. The van der Waals surface area contributed by atoms with Gasteiger partial charge in [0.15, 0.2) is 5.13 Å². The Morgan fingerprint density at radius 3 is 2.83 bits per heavy atom. The highest BCUT2D eigenvalue weighted by Crippen LogP contribution is 2.30. The van der Waals surface area contributed by atoms with E-state index in [1.807, 2.05) is 29.2 Å². The highest BCUT2D eigenvalue weighted by atomic mass is 32.2. The molecule has 0 spiro atoms. The van der Waals surface area contributed by atoms with Crippen LogP contribution in [0.3, 0.4) is 0 Å². The van der Waals surface area contributed by atoms with Crippen molar-refractivity contribution in [3.05, 3.63) is 70.5 Å². The van der Waals surface area contributed by atoms with E-state index in [4.69, 9.17) is 0 Å². The zero-order chi connectivity index (χ0) is 20.2. The van der Waals surface area contributed by atoms with Gasteiger partial charge in [0.25, 0.3) is 11.8 Å². The minimum absolute atomic E-state index is 0.0414. The number of pyridine rings is 1. The summed E-state index contributed by atoms with van der Waals surface area (Å²) in [6.45, 7) is 3.21. The van der Waals surface area contributed by atoms with Crippen molar-refractivity contribution in [2.45, 2.75) is 24.8 Å². The molecule has 6 nitrogen and oxygen atoms in total. The molecule has 3 aromatic rings. The number of anilines is 1. The molecule has 0 fully saturated rings. The molecule has 2 aromatic heterocycles. The molecule has 0 bridgehead atoms. The Morgan fingerprint density at radius 2 is 2.03 bits per heavy atom. The molecule has 29 heavy (non-hydrogen) atoms. The molecular formula is C21H20N4O2S2. The van der Waals surface area contributed by atoms with Crippen LogP contribution in [-0.2, 0) is 13.0 Å². The van der Waals surface area contributed by atoms with Gasteiger partial charge in [-0.15, -0.1) is 11.8 Å². The van der Waals surface area contributed by atoms with E-state index in [0.717, 1.165) is 26.8 Å².